The lowest BCUT2D eigenvalue weighted by Crippen LogP contribution is -2.08. The number of methoxy groups -OCH3 is 2. The summed E-state index contributed by atoms with van der Waals surface area (Å²) in [7, 11) is 2.89. The van der Waals surface area contributed by atoms with Crippen LogP contribution >= 0.6 is 0 Å². The number of carboxylic acid groups (broad SMARTS) is 1. The van der Waals surface area contributed by atoms with Crippen LogP contribution in [0.1, 0.15) is 47.2 Å². The number of ether oxygens (including phenoxy) is 2. The first-order chi connectivity index (χ1) is 11.9. The Morgan fingerprint density at radius 3 is 2.40 bits per heavy atom. The third-order valence-electron chi connectivity index (χ3n) is 3.53. The van der Waals surface area contributed by atoms with Crippen LogP contribution in [0, 0.1) is 5.82 Å². The molecule has 0 fully saturated rings. The highest BCUT2D eigenvalue weighted by molar-refractivity contribution is 5.88. The van der Waals surface area contributed by atoms with E-state index in [4.69, 9.17) is 9.47 Å². The van der Waals surface area contributed by atoms with Crippen molar-refractivity contribution in [3.63, 3.8) is 0 Å². The molecule has 7 heteroatoms. The fourth-order valence-electron chi connectivity index (χ4n) is 2.26. The molecule has 0 bridgehead atoms. The molecule has 0 saturated heterocycles. The van der Waals surface area contributed by atoms with Crippen molar-refractivity contribution < 1.29 is 23.8 Å². The number of nitrogens with zero attached hydrogens (tertiary/aromatic N) is 2. The van der Waals surface area contributed by atoms with E-state index in [1.54, 1.807) is 0 Å². The normalized spacial score (nSPS) is 11.1. The minimum absolute atomic E-state index is 0.0597. The van der Waals surface area contributed by atoms with Gasteiger partial charge in [0, 0.05) is 17.8 Å². The van der Waals surface area contributed by atoms with Crippen LogP contribution in [0.15, 0.2) is 18.3 Å². The van der Waals surface area contributed by atoms with Crippen molar-refractivity contribution in [2.75, 3.05) is 14.2 Å². The number of rotatable bonds is 6. The van der Waals surface area contributed by atoms with Gasteiger partial charge in [-0.05, 0) is 24.1 Å². The maximum absolute atomic E-state index is 14.1. The summed E-state index contributed by atoms with van der Waals surface area (Å²) in [5.74, 6) is -0.665. The molecule has 25 heavy (non-hydrogen) atoms. The molecule has 1 aromatic heterocycles. The van der Waals surface area contributed by atoms with Crippen LogP contribution in [0.25, 0.3) is 12.2 Å². The van der Waals surface area contributed by atoms with Gasteiger partial charge < -0.3 is 14.6 Å². The maximum Gasteiger partial charge on any atom is 0.339 e. The Kier molecular flexibility index (Phi) is 5.69. The van der Waals surface area contributed by atoms with E-state index in [1.165, 1.54) is 44.7 Å². The molecule has 6 nitrogen and oxygen atoms in total. The van der Waals surface area contributed by atoms with Gasteiger partial charge in [0.2, 0.25) is 0 Å². The van der Waals surface area contributed by atoms with Gasteiger partial charge in [0.25, 0.3) is 0 Å². The van der Waals surface area contributed by atoms with Crippen LogP contribution < -0.4 is 9.47 Å². The standard InChI is InChI=1S/C18H19FN2O4/c1-10(2)17-12(18(22)23)9-20-16(21-17)6-5-11-7-14(24-3)15(25-4)8-13(11)19/h5-10H,1-4H3,(H,22,23). The third-order valence-corrected chi connectivity index (χ3v) is 3.53. The smallest absolute Gasteiger partial charge is 0.339 e. The van der Waals surface area contributed by atoms with Crippen molar-refractivity contribution in [2.24, 2.45) is 0 Å². The first kappa shape index (κ1) is 18.4. The number of benzene rings is 1. The Morgan fingerprint density at radius 2 is 1.84 bits per heavy atom. The second-order valence-corrected chi connectivity index (χ2v) is 5.55. The average Bonchev–Trinajstić information content (AvgIpc) is 2.59. The van der Waals surface area contributed by atoms with Crippen LogP contribution in [-0.2, 0) is 0 Å². The molecule has 0 saturated carbocycles. The van der Waals surface area contributed by atoms with Gasteiger partial charge in [-0.3, -0.25) is 0 Å². The van der Waals surface area contributed by atoms with Gasteiger partial charge in [-0.2, -0.15) is 0 Å². The van der Waals surface area contributed by atoms with Crippen molar-refractivity contribution in [2.45, 2.75) is 19.8 Å². The summed E-state index contributed by atoms with van der Waals surface area (Å²) in [5, 5.41) is 9.18. The SMILES string of the molecule is COc1cc(F)c(C=Cc2ncc(C(=O)O)c(C(C)C)n2)cc1OC. The quantitative estimate of drug-likeness (QED) is 0.860. The summed E-state index contributed by atoms with van der Waals surface area (Å²) in [6.07, 6.45) is 4.27. The Morgan fingerprint density at radius 1 is 1.20 bits per heavy atom. The second kappa shape index (κ2) is 7.74. The van der Waals surface area contributed by atoms with Gasteiger partial charge in [-0.25, -0.2) is 19.2 Å². The zero-order valence-electron chi connectivity index (χ0n) is 14.4. The zero-order valence-corrected chi connectivity index (χ0v) is 14.4. The molecule has 0 aliphatic rings. The molecule has 2 aromatic rings. The topological polar surface area (TPSA) is 81.5 Å². The van der Waals surface area contributed by atoms with Gasteiger partial charge in [0.15, 0.2) is 17.3 Å². The highest BCUT2D eigenvalue weighted by atomic mass is 19.1. The first-order valence-electron chi connectivity index (χ1n) is 7.57. The average molecular weight is 346 g/mol. The summed E-state index contributed by atoms with van der Waals surface area (Å²) in [4.78, 5) is 19.5. The fourth-order valence-corrected chi connectivity index (χ4v) is 2.26. The van der Waals surface area contributed by atoms with E-state index in [1.807, 2.05) is 13.8 Å². The monoisotopic (exact) mass is 346 g/mol. The second-order valence-electron chi connectivity index (χ2n) is 5.55. The summed E-state index contributed by atoms with van der Waals surface area (Å²) in [5.41, 5.74) is 0.758. The van der Waals surface area contributed by atoms with Gasteiger partial charge in [0.1, 0.15) is 5.82 Å². The molecular formula is C18H19FN2O4. The van der Waals surface area contributed by atoms with Gasteiger partial charge in [-0.15, -0.1) is 0 Å². The number of carboxylic acids is 1. The van der Waals surface area contributed by atoms with Crippen LogP contribution in [0.3, 0.4) is 0 Å². The highest BCUT2D eigenvalue weighted by Crippen LogP contribution is 2.30. The molecular weight excluding hydrogens is 327 g/mol. The van der Waals surface area contributed by atoms with E-state index in [0.29, 0.717) is 23.0 Å². The lowest BCUT2D eigenvalue weighted by molar-refractivity contribution is 0.0694. The Hall–Kier alpha value is -2.96. The molecule has 1 heterocycles. The molecule has 0 atom stereocenters. The van der Waals surface area contributed by atoms with Crippen LogP contribution in [0.2, 0.25) is 0 Å². The predicted molar refractivity (Wildman–Crippen MR) is 91.5 cm³/mol. The van der Waals surface area contributed by atoms with Crippen LogP contribution in [-0.4, -0.2) is 35.3 Å². The first-order valence-corrected chi connectivity index (χ1v) is 7.57. The Bertz CT molecular complexity index is 819. The number of aromatic carboxylic acids is 1. The molecule has 0 aliphatic heterocycles. The van der Waals surface area contributed by atoms with E-state index in [2.05, 4.69) is 9.97 Å². The maximum atomic E-state index is 14.1. The summed E-state index contributed by atoms with van der Waals surface area (Å²) in [6.45, 7) is 3.69. The van der Waals surface area contributed by atoms with E-state index in [9.17, 15) is 14.3 Å². The summed E-state index contributed by atoms with van der Waals surface area (Å²) < 4.78 is 24.3. The van der Waals surface area contributed by atoms with Crippen molar-refractivity contribution in [3.8, 4) is 11.5 Å². The van der Waals surface area contributed by atoms with Crippen molar-refractivity contribution in [3.05, 3.63) is 46.8 Å². The van der Waals surface area contributed by atoms with E-state index >= 15 is 0 Å². The molecule has 0 amide bonds. The van der Waals surface area contributed by atoms with Gasteiger partial charge in [0.05, 0.1) is 25.5 Å². The molecule has 0 unspecified atom stereocenters. The molecule has 1 aromatic carbocycles. The lowest BCUT2D eigenvalue weighted by Gasteiger charge is -2.09. The molecule has 0 aliphatic carbocycles. The third kappa shape index (κ3) is 4.12. The molecule has 2 rings (SSSR count). The van der Waals surface area contributed by atoms with E-state index in [0.717, 1.165) is 0 Å². The van der Waals surface area contributed by atoms with E-state index in [-0.39, 0.29) is 17.0 Å². The largest absolute Gasteiger partial charge is 0.493 e. The number of hydrogen-bond acceptors (Lipinski definition) is 5. The molecule has 132 valence electrons. The Labute approximate surface area is 145 Å². The minimum atomic E-state index is -1.08. The number of halogens is 1. The summed E-state index contributed by atoms with van der Waals surface area (Å²) >= 11 is 0. The zero-order chi connectivity index (χ0) is 18.6. The molecule has 0 spiro atoms. The number of aromatic nitrogens is 2. The fraction of sp³-hybridized carbons (Fsp3) is 0.278. The Balaban J connectivity index is 2.39. The van der Waals surface area contributed by atoms with E-state index < -0.39 is 11.8 Å². The number of hydrogen-bond donors (Lipinski definition) is 1. The minimum Gasteiger partial charge on any atom is -0.493 e. The number of carbonyl (C=O) groups is 1. The van der Waals surface area contributed by atoms with Crippen LogP contribution in [0.4, 0.5) is 4.39 Å². The van der Waals surface area contributed by atoms with Gasteiger partial charge in [-0.1, -0.05) is 13.8 Å². The molecule has 0 radical (unpaired) electrons. The predicted octanol–water partition coefficient (Wildman–Crippen LogP) is 3.62. The van der Waals surface area contributed by atoms with Gasteiger partial charge >= 0.3 is 5.97 Å². The lowest BCUT2D eigenvalue weighted by atomic mass is 10.1. The summed E-state index contributed by atoms with van der Waals surface area (Å²) in [6, 6.07) is 2.73. The van der Waals surface area contributed by atoms with Crippen molar-refractivity contribution in [1.82, 2.24) is 9.97 Å². The highest BCUT2D eigenvalue weighted by Gasteiger charge is 2.15. The van der Waals surface area contributed by atoms with Crippen LogP contribution in [0.5, 0.6) is 11.5 Å². The van der Waals surface area contributed by atoms with Crippen molar-refractivity contribution in [1.29, 1.82) is 0 Å². The molecule has 1 N–H and O–H groups in total. The van der Waals surface area contributed by atoms with Crippen molar-refractivity contribution >= 4 is 18.1 Å².